The number of ether oxygens (including phenoxy) is 1. The Labute approximate surface area is 157 Å². The lowest BCUT2D eigenvalue weighted by Crippen LogP contribution is -2.29. The van der Waals surface area contributed by atoms with Crippen molar-refractivity contribution < 1.29 is 9.53 Å². The van der Waals surface area contributed by atoms with E-state index in [-0.39, 0.29) is 5.91 Å². The molecule has 3 nitrogen and oxygen atoms in total. The zero-order valence-corrected chi connectivity index (χ0v) is 15.9. The summed E-state index contributed by atoms with van der Waals surface area (Å²) in [5.74, 6) is 0.714. The number of hydrogen-bond donors (Lipinski definition) is 0. The molecule has 0 heterocycles. The number of amides is 1. The smallest absolute Gasteiger partial charge is 0.245 e. The molecule has 0 atom stereocenters. The third-order valence-corrected chi connectivity index (χ3v) is 4.46. The van der Waals surface area contributed by atoms with Gasteiger partial charge in [0, 0.05) is 7.05 Å². The van der Waals surface area contributed by atoms with Gasteiger partial charge in [0.1, 0.15) is 12.4 Å². The van der Waals surface area contributed by atoms with Crippen molar-refractivity contribution in [3.63, 3.8) is 0 Å². The lowest BCUT2D eigenvalue weighted by atomic mass is 10.0. The Balaban J connectivity index is 1.86. The summed E-state index contributed by atoms with van der Waals surface area (Å²) in [6.07, 6.45) is 6.27. The van der Waals surface area contributed by atoms with Crippen molar-refractivity contribution in [2.24, 2.45) is 0 Å². The molecule has 1 amide bonds. The van der Waals surface area contributed by atoms with E-state index >= 15 is 0 Å². The van der Waals surface area contributed by atoms with Gasteiger partial charge in [-0.3, -0.25) is 4.79 Å². The van der Waals surface area contributed by atoms with Gasteiger partial charge in [0.25, 0.3) is 0 Å². The molecule has 138 valence electrons. The van der Waals surface area contributed by atoms with Gasteiger partial charge in [-0.1, -0.05) is 62.7 Å². The second-order valence-electron chi connectivity index (χ2n) is 6.49. The number of likely N-dealkylation sites (N-methyl/N-ethyl adjacent to an activating group) is 1. The van der Waals surface area contributed by atoms with Gasteiger partial charge in [0.05, 0.1) is 6.54 Å². The van der Waals surface area contributed by atoms with Gasteiger partial charge >= 0.3 is 0 Å². The highest BCUT2D eigenvalue weighted by atomic mass is 16.5. The molecule has 0 saturated carbocycles. The van der Waals surface area contributed by atoms with Gasteiger partial charge < -0.3 is 9.64 Å². The first kappa shape index (κ1) is 19.8. The van der Waals surface area contributed by atoms with Crippen molar-refractivity contribution in [2.75, 3.05) is 20.2 Å². The summed E-state index contributed by atoms with van der Waals surface area (Å²) in [4.78, 5) is 13.0. The van der Waals surface area contributed by atoms with E-state index in [1.54, 1.807) is 11.9 Å². The van der Waals surface area contributed by atoms with Crippen molar-refractivity contribution in [3.8, 4) is 16.9 Å². The quantitative estimate of drug-likeness (QED) is 0.440. The van der Waals surface area contributed by atoms with Gasteiger partial charge in [0.2, 0.25) is 5.91 Å². The summed E-state index contributed by atoms with van der Waals surface area (Å²) in [7, 11) is 1.74. The Morgan fingerprint density at radius 1 is 1.04 bits per heavy atom. The maximum absolute atomic E-state index is 11.4. The molecule has 2 rings (SSSR count). The summed E-state index contributed by atoms with van der Waals surface area (Å²) < 4.78 is 5.71. The summed E-state index contributed by atoms with van der Waals surface area (Å²) in [6, 6.07) is 16.9. The van der Waals surface area contributed by atoms with Crippen LogP contribution in [0, 0.1) is 0 Å². The molecule has 0 radical (unpaired) electrons. The Morgan fingerprint density at radius 2 is 1.65 bits per heavy atom. The highest BCUT2D eigenvalue weighted by Gasteiger charge is 2.04. The van der Waals surface area contributed by atoms with Gasteiger partial charge in [0.15, 0.2) is 0 Å². The first-order valence-corrected chi connectivity index (χ1v) is 9.33. The minimum atomic E-state index is -0.0953. The summed E-state index contributed by atoms with van der Waals surface area (Å²) >= 11 is 0. The minimum absolute atomic E-state index is 0.0953. The number of rotatable bonds is 10. The topological polar surface area (TPSA) is 29.5 Å². The second-order valence-corrected chi connectivity index (χ2v) is 6.49. The SMILES string of the molecule is C=CC(=O)N(C)CCOc1ccc(-c2ccc(CCCCC)cc2)cc1. The average Bonchev–Trinajstić information content (AvgIpc) is 2.68. The fraction of sp³-hybridized carbons (Fsp3) is 0.348. The molecule has 0 unspecified atom stereocenters. The number of hydrogen-bond acceptors (Lipinski definition) is 2. The van der Waals surface area contributed by atoms with Crippen LogP contribution in [-0.4, -0.2) is 31.0 Å². The third kappa shape index (κ3) is 6.07. The molecular weight excluding hydrogens is 322 g/mol. The van der Waals surface area contributed by atoms with Crippen molar-refractivity contribution in [1.29, 1.82) is 0 Å². The number of aryl methyl sites for hydroxylation is 1. The first-order chi connectivity index (χ1) is 12.6. The summed E-state index contributed by atoms with van der Waals surface area (Å²) in [6.45, 7) is 6.70. The van der Waals surface area contributed by atoms with Crippen molar-refractivity contribution in [1.82, 2.24) is 4.90 Å². The van der Waals surface area contributed by atoms with Crippen LogP contribution >= 0.6 is 0 Å². The van der Waals surface area contributed by atoms with Gasteiger partial charge in [-0.25, -0.2) is 0 Å². The van der Waals surface area contributed by atoms with Crippen LogP contribution in [0.5, 0.6) is 5.75 Å². The van der Waals surface area contributed by atoms with E-state index in [4.69, 9.17) is 4.74 Å². The minimum Gasteiger partial charge on any atom is -0.492 e. The predicted molar refractivity (Wildman–Crippen MR) is 108 cm³/mol. The molecule has 0 aromatic heterocycles. The molecule has 3 heteroatoms. The highest BCUT2D eigenvalue weighted by molar-refractivity contribution is 5.86. The molecule has 0 aliphatic carbocycles. The van der Waals surface area contributed by atoms with Crippen LogP contribution < -0.4 is 4.74 Å². The number of carbonyl (C=O) groups excluding carboxylic acids is 1. The molecule has 2 aromatic carbocycles. The van der Waals surface area contributed by atoms with Gasteiger partial charge in [-0.05, 0) is 47.7 Å². The zero-order chi connectivity index (χ0) is 18.8. The van der Waals surface area contributed by atoms with Crippen molar-refractivity contribution in [2.45, 2.75) is 32.6 Å². The highest BCUT2D eigenvalue weighted by Crippen LogP contribution is 2.23. The third-order valence-electron chi connectivity index (χ3n) is 4.46. The van der Waals surface area contributed by atoms with Crippen molar-refractivity contribution in [3.05, 3.63) is 66.7 Å². The Hall–Kier alpha value is -2.55. The van der Waals surface area contributed by atoms with Crippen LogP contribution in [0.25, 0.3) is 11.1 Å². The molecule has 0 N–H and O–H groups in total. The van der Waals surface area contributed by atoms with Crippen molar-refractivity contribution >= 4 is 5.91 Å². The molecule has 0 bridgehead atoms. The molecule has 0 fully saturated rings. The standard InChI is InChI=1S/C23H29NO2/c1-4-6-7-8-19-9-11-20(12-10-19)21-13-15-22(16-14-21)26-18-17-24(3)23(25)5-2/h5,9-16H,2,4,6-8,17-18H2,1,3H3. The molecule has 26 heavy (non-hydrogen) atoms. The fourth-order valence-corrected chi connectivity index (χ4v) is 2.75. The number of nitrogens with zero attached hydrogens (tertiary/aromatic N) is 1. The van der Waals surface area contributed by atoms with Crippen LogP contribution in [0.2, 0.25) is 0 Å². The summed E-state index contributed by atoms with van der Waals surface area (Å²) in [5.41, 5.74) is 3.80. The molecular formula is C23H29NO2. The Bertz CT molecular complexity index is 689. The number of carbonyl (C=O) groups is 1. The molecule has 0 spiro atoms. The van der Waals surface area contributed by atoms with E-state index in [1.807, 2.05) is 12.1 Å². The Morgan fingerprint density at radius 3 is 2.23 bits per heavy atom. The maximum atomic E-state index is 11.4. The normalized spacial score (nSPS) is 10.4. The number of unbranched alkanes of at least 4 members (excludes halogenated alkanes) is 2. The lowest BCUT2D eigenvalue weighted by molar-refractivity contribution is -0.125. The predicted octanol–water partition coefficient (Wildman–Crippen LogP) is 5.11. The van der Waals surface area contributed by atoms with Crippen LogP contribution in [0.1, 0.15) is 31.7 Å². The van der Waals surface area contributed by atoms with E-state index in [9.17, 15) is 4.79 Å². The molecule has 2 aromatic rings. The summed E-state index contributed by atoms with van der Waals surface area (Å²) in [5, 5.41) is 0. The maximum Gasteiger partial charge on any atom is 0.245 e. The van der Waals surface area contributed by atoms with E-state index in [2.05, 4.69) is 49.9 Å². The zero-order valence-electron chi connectivity index (χ0n) is 15.9. The number of benzene rings is 2. The molecule has 0 aliphatic heterocycles. The van der Waals surface area contributed by atoms with Crippen LogP contribution in [0.3, 0.4) is 0 Å². The average molecular weight is 351 g/mol. The second kappa shape index (κ2) is 10.4. The largest absolute Gasteiger partial charge is 0.492 e. The fourth-order valence-electron chi connectivity index (χ4n) is 2.75. The van der Waals surface area contributed by atoms with Crippen LogP contribution in [0.15, 0.2) is 61.2 Å². The van der Waals surface area contributed by atoms with Gasteiger partial charge in [-0.15, -0.1) is 0 Å². The van der Waals surface area contributed by atoms with E-state index < -0.39 is 0 Å². The van der Waals surface area contributed by atoms with Crippen LogP contribution in [0.4, 0.5) is 0 Å². The van der Waals surface area contributed by atoms with E-state index in [0.29, 0.717) is 13.2 Å². The lowest BCUT2D eigenvalue weighted by Gasteiger charge is -2.15. The van der Waals surface area contributed by atoms with Gasteiger partial charge in [-0.2, -0.15) is 0 Å². The van der Waals surface area contributed by atoms with Crippen LogP contribution in [-0.2, 0) is 11.2 Å². The monoisotopic (exact) mass is 351 g/mol. The van der Waals surface area contributed by atoms with E-state index in [1.165, 1.54) is 42.0 Å². The molecule has 0 saturated heterocycles. The van der Waals surface area contributed by atoms with E-state index in [0.717, 1.165) is 12.2 Å². The first-order valence-electron chi connectivity index (χ1n) is 9.33. The Kier molecular flexibility index (Phi) is 7.94. The molecule has 0 aliphatic rings.